The van der Waals surface area contributed by atoms with Crippen LogP contribution in [0.3, 0.4) is 0 Å². The third-order valence-electron chi connectivity index (χ3n) is 4.19. The predicted octanol–water partition coefficient (Wildman–Crippen LogP) is 4.58. The lowest BCUT2D eigenvalue weighted by Crippen LogP contribution is -2.35. The van der Waals surface area contributed by atoms with Crippen LogP contribution >= 0.6 is 11.6 Å². The molecule has 1 amide bonds. The summed E-state index contributed by atoms with van der Waals surface area (Å²) in [7, 11) is 0. The van der Waals surface area contributed by atoms with E-state index < -0.39 is 0 Å². The van der Waals surface area contributed by atoms with Crippen LogP contribution in [-0.2, 0) is 6.54 Å². The Morgan fingerprint density at radius 2 is 1.61 bits per heavy atom. The van der Waals surface area contributed by atoms with Gasteiger partial charge in [-0.25, -0.2) is 0 Å². The fraction of sp³-hybridized carbons (Fsp3) is 0.316. The average Bonchev–Trinajstić information content (AvgIpc) is 2.62. The van der Waals surface area contributed by atoms with E-state index in [2.05, 4.69) is 5.32 Å². The number of likely N-dealkylation sites (tertiary alicyclic amines) is 1. The van der Waals surface area contributed by atoms with Crippen molar-refractivity contribution in [2.75, 3.05) is 18.4 Å². The van der Waals surface area contributed by atoms with Crippen LogP contribution < -0.4 is 5.32 Å². The molecule has 1 aliphatic rings. The molecule has 1 N–H and O–H groups in total. The minimum Gasteiger partial charge on any atom is -0.381 e. The molecule has 0 spiro atoms. The highest BCUT2D eigenvalue weighted by Gasteiger charge is 2.17. The summed E-state index contributed by atoms with van der Waals surface area (Å²) in [6.07, 6.45) is 3.47. The fourth-order valence-corrected chi connectivity index (χ4v) is 2.94. The van der Waals surface area contributed by atoms with Gasteiger partial charge in [0.1, 0.15) is 0 Å². The number of hydrogen-bond donors (Lipinski definition) is 1. The molecule has 0 bridgehead atoms. The van der Waals surface area contributed by atoms with E-state index in [0.29, 0.717) is 0 Å². The Bertz CT molecular complexity index is 646. The van der Waals surface area contributed by atoms with Crippen molar-refractivity contribution in [3.63, 3.8) is 0 Å². The first-order valence-corrected chi connectivity index (χ1v) is 8.48. The van der Waals surface area contributed by atoms with Gasteiger partial charge in [-0.1, -0.05) is 23.7 Å². The molecule has 0 radical (unpaired) electrons. The van der Waals surface area contributed by atoms with Crippen LogP contribution in [-0.4, -0.2) is 23.9 Å². The van der Waals surface area contributed by atoms with E-state index in [9.17, 15) is 4.79 Å². The smallest absolute Gasteiger partial charge is 0.253 e. The molecule has 2 aromatic rings. The van der Waals surface area contributed by atoms with Gasteiger partial charge in [-0.05, 0) is 61.2 Å². The van der Waals surface area contributed by atoms with E-state index >= 15 is 0 Å². The van der Waals surface area contributed by atoms with Gasteiger partial charge in [-0.15, -0.1) is 0 Å². The van der Waals surface area contributed by atoms with Crippen LogP contribution in [0.5, 0.6) is 0 Å². The number of benzene rings is 2. The van der Waals surface area contributed by atoms with Gasteiger partial charge in [0.15, 0.2) is 0 Å². The highest BCUT2D eigenvalue weighted by molar-refractivity contribution is 6.30. The van der Waals surface area contributed by atoms with Crippen molar-refractivity contribution in [2.45, 2.75) is 25.8 Å². The topological polar surface area (TPSA) is 32.3 Å². The van der Waals surface area contributed by atoms with Crippen molar-refractivity contribution in [2.24, 2.45) is 0 Å². The molecular formula is C19H21ClN2O. The minimum absolute atomic E-state index is 0.147. The molecule has 0 saturated carbocycles. The summed E-state index contributed by atoms with van der Waals surface area (Å²) in [5.41, 5.74) is 2.95. The first-order valence-electron chi connectivity index (χ1n) is 8.10. The number of halogens is 1. The lowest BCUT2D eigenvalue weighted by molar-refractivity contribution is 0.0724. The molecule has 0 aliphatic carbocycles. The lowest BCUT2D eigenvalue weighted by Gasteiger charge is -2.26. The SMILES string of the molecule is O=C(c1ccc(NCc2ccc(Cl)cc2)cc1)N1CCCCC1. The Hall–Kier alpha value is -2.00. The summed E-state index contributed by atoms with van der Waals surface area (Å²) in [5, 5.41) is 4.10. The maximum atomic E-state index is 12.4. The summed E-state index contributed by atoms with van der Waals surface area (Å²) in [5.74, 6) is 0.147. The number of nitrogens with zero attached hydrogens (tertiary/aromatic N) is 1. The molecule has 2 aromatic carbocycles. The normalized spacial score (nSPS) is 14.6. The van der Waals surface area contributed by atoms with E-state index in [1.54, 1.807) is 0 Å². The maximum Gasteiger partial charge on any atom is 0.253 e. The minimum atomic E-state index is 0.147. The van der Waals surface area contributed by atoms with Crippen LogP contribution in [0.25, 0.3) is 0 Å². The van der Waals surface area contributed by atoms with Gasteiger partial charge in [0.2, 0.25) is 0 Å². The van der Waals surface area contributed by atoms with Crippen molar-refractivity contribution < 1.29 is 4.79 Å². The number of carbonyl (C=O) groups is 1. The summed E-state index contributed by atoms with van der Waals surface area (Å²) < 4.78 is 0. The third kappa shape index (κ3) is 4.26. The van der Waals surface area contributed by atoms with Crippen LogP contribution in [0.1, 0.15) is 35.2 Å². The molecule has 0 atom stereocenters. The van der Waals surface area contributed by atoms with Crippen molar-refractivity contribution in [3.05, 3.63) is 64.7 Å². The lowest BCUT2D eigenvalue weighted by atomic mass is 10.1. The van der Waals surface area contributed by atoms with E-state index in [0.717, 1.165) is 48.7 Å². The van der Waals surface area contributed by atoms with Crippen LogP contribution in [0.4, 0.5) is 5.69 Å². The van der Waals surface area contributed by atoms with Gasteiger partial charge in [0.25, 0.3) is 5.91 Å². The van der Waals surface area contributed by atoms with Gasteiger partial charge in [0, 0.05) is 35.9 Å². The standard InChI is InChI=1S/C19H21ClN2O/c20-17-8-4-15(5-9-17)14-21-18-10-6-16(7-11-18)19(23)22-12-2-1-3-13-22/h4-11,21H,1-3,12-14H2. The van der Waals surface area contributed by atoms with E-state index in [1.165, 1.54) is 12.0 Å². The summed E-state index contributed by atoms with van der Waals surface area (Å²) in [6, 6.07) is 15.5. The number of rotatable bonds is 4. The number of nitrogens with one attached hydrogen (secondary N) is 1. The largest absolute Gasteiger partial charge is 0.381 e. The van der Waals surface area contributed by atoms with Crippen LogP contribution in [0.2, 0.25) is 5.02 Å². The van der Waals surface area contributed by atoms with Crippen molar-refractivity contribution >= 4 is 23.2 Å². The van der Waals surface area contributed by atoms with E-state index in [-0.39, 0.29) is 5.91 Å². The molecule has 1 saturated heterocycles. The van der Waals surface area contributed by atoms with Crippen LogP contribution in [0, 0.1) is 0 Å². The summed E-state index contributed by atoms with van der Waals surface area (Å²) in [6.45, 7) is 2.50. The Morgan fingerprint density at radius 1 is 0.957 bits per heavy atom. The zero-order chi connectivity index (χ0) is 16.1. The molecule has 23 heavy (non-hydrogen) atoms. The van der Waals surface area contributed by atoms with E-state index in [1.807, 2.05) is 53.4 Å². The molecule has 1 fully saturated rings. The Balaban J connectivity index is 1.58. The second kappa shape index (κ2) is 7.51. The summed E-state index contributed by atoms with van der Waals surface area (Å²) in [4.78, 5) is 14.4. The Kier molecular flexibility index (Phi) is 5.19. The van der Waals surface area contributed by atoms with Gasteiger partial charge < -0.3 is 10.2 Å². The average molecular weight is 329 g/mol. The van der Waals surface area contributed by atoms with Crippen molar-refractivity contribution in [1.82, 2.24) is 4.90 Å². The monoisotopic (exact) mass is 328 g/mol. The van der Waals surface area contributed by atoms with E-state index in [4.69, 9.17) is 11.6 Å². The number of anilines is 1. The van der Waals surface area contributed by atoms with Crippen molar-refractivity contribution in [1.29, 1.82) is 0 Å². The number of hydrogen-bond acceptors (Lipinski definition) is 2. The molecule has 0 unspecified atom stereocenters. The quantitative estimate of drug-likeness (QED) is 0.891. The predicted molar refractivity (Wildman–Crippen MR) is 95.0 cm³/mol. The maximum absolute atomic E-state index is 12.4. The highest BCUT2D eigenvalue weighted by Crippen LogP contribution is 2.16. The molecule has 4 heteroatoms. The zero-order valence-electron chi connectivity index (χ0n) is 13.1. The molecule has 120 valence electrons. The first-order chi connectivity index (χ1) is 11.2. The Morgan fingerprint density at radius 3 is 2.26 bits per heavy atom. The highest BCUT2D eigenvalue weighted by atomic mass is 35.5. The molecule has 1 heterocycles. The molecule has 3 nitrogen and oxygen atoms in total. The van der Waals surface area contributed by atoms with Gasteiger partial charge in [0.05, 0.1) is 0 Å². The first kappa shape index (κ1) is 15.9. The second-order valence-corrected chi connectivity index (χ2v) is 6.35. The number of carbonyl (C=O) groups excluding carboxylic acids is 1. The molecule has 0 aromatic heterocycles. The molecule has 1 aliphatic heterocycles. The van der Waals surface area contributed by atoms with Crippen molar-refractivity contribution in [3.8, 4) is 0 Å². The fourth-order valence-electron chi connectivity index (χ4n) is 2.82. The molecule has 3 rings (SSSR count). The van der Waals surface area contributed by atoms with Gasteiger partial charge in [-0.2, -0.15) is 0 Å². The van der Waals surface area contributed by atoms with Crippen LogP contribution in [0.15, 0.2) is 48.5 Å². The molecular weight excluding hydrogens is 308 g/mol. The number of piperidine rings is 1. The summed E-state index contributed by atoms with van der Waals surface area (Å²) >= 11 is 5.88. The second-order valence-electron chi connectivity index (χ2n) is 5.91. The van der Waals surface area contributed by atoms with Gasteiger partial charge >= 0.3 is 0 Å². The number of amides is 1. The Labute approximate surface area is 142 Å². The van der Waals surface area contributed by atoms with Gasteiger partial charge in [-0.3, -0.25) is 4.79 Å². The third-order valence-corrected chi connectivity index (χ3v) is 4.44. The zero-order valence-corrected chi connectivity index (χ0v) is 13.9.